The number of furan rings is 2. The van der Waals surface area contributed by atoms with E-state index in [2.05, 4.69) is 16.0 Å². The van der Waals surface area contributed by atoms with Gasteiger partial charge in [-0.25, -0.2) is 0 Å². The van der Waals surface area contributed by atoms with E-state index in [1.807, 2.05) is 30.3 Å². The van der Waals surface area contributed by atoms with Crippen molar-refractivity contribution in [1.29, 1.82) is 0 Å². The fraction of sp³-hybridized carbons (Fsp3) is 0.143. The Morgan fingerprint density at radius 3 is 1.82 bits per heavy atom. The molecule has 2 amide bonds. The summed E-state index contributed by atoms with van der Waals surface area (Å²) in [5.74, 6) is 0.185. The topological polar surface area (TPSA) is 96.5 Å². The summed E-state index contributed by atoms with van der Waals surface area (Å²) in [6.07, 6.45) is 4.47. The Hall–Kier alpha value is -3.74. The summed E-state index contributed by atoms with van der Waals surface area (Å²) in [5.41, 5.74) is 0.999. The van der Waals surface area contributed by atoms with E-state index in [4.69, 9.17) is 8.83 Å². The van der Waals surface area contributed by atoms with Crippen LogP contribution in [0.4, 0.5) is 0 Å². The highest BCUT2D eigenvalue weighted by molar-refractivity contribution is 6.18. The number of nitrogens with one attached hydrogen (secondary N) is 3. The van der Waals surface area contributed by atoms with E-state index in [0.717, 1.165) is 5.56 Å². The monoisotopic (exact) mass is 379 g/mol. The largest absolute Gasteiger partial charge is 0.467 e. The summed E-state index contributed by atoms with van der Waals surface area (Å²) in [4.78, 5) is 25.1. The standard InChI is InChI=1S/C21H21N3O4/c25-20(23-13-17-8-4-10-27-17)19(15-22-12-16-6-2-1-3-7-16)21(26)24-14-18-9-5-11-28-18/h1-11,15,22H,12-14H2,(H,23,25)(H,24,26). The smallest absolute Gasteiger partial charge is 0.258 e. The van der Waals surface area contributed by atoms with Gasteiger partial charge in [0.15, 0.2) is 0 Å². The molecule has 0 atom stereocenters. The van der Waals surface area contributed by atoms with Gasteiger partial charge in [-0.1, -0.05) is 30.3 Å². The highest BCUT2D eigenvalue weighted by atomic mass is 16.3. The van der Waals surface area contributed by atoms with Crippen molar-refractivity contribution in [1.82, 2.24) is 16.0 Å². The van der Waals surface area contributed by atoms with Gasteiger partial charge in [-0.05, 0) is 29.8 Å². The molecule has 0 fully saturated rings. The lowest BCUT2D eigenvalue weighted by atomic mass is 10.2. The van der Waals surface area contributed by atoms with Gasteiger partial charge in [0.25, 0.3) is 11.8 Å². The van der Waals surface area contributed by atoms with Gasteiger partial charge < -0.3 is 24.8 Å². The summed E-state index contributed by atoms with van der Waals surface area (Å²) in [5, 5.41) is 8.38. The fourth-order valence-corrected chi connectivity index (χ4v) is 2.45. The zero-order valence-corrected chi connectivity index (χ0v) is 15.2. The molecule has 28 heavy (non-hydrogen) atoms. The molecule has 3 N–H and O–H groups in total. The number of benzene rings is 1. The van der Waals surface area contributed by atoms with Crippen LogP contribution in [0.5, 0.6) is 0 Å². The second kappa shape index (κ2) is 9.82. The van der Waals surface area contributed by atoms with Crippen LogP contribution in [0.25, 0.3) is 0 Å². The van der Waals surface area contributed by atoms with Crippen LogP contribution in [0.3, 0.4) is 0 Å². The zero-order chi connectivity index (χ0) is 19.6. The van der Waals surface area contributed by atoms with E-state index < -0.39 is 11.8 Å². The van der Waals surface area contributed by atoms with Gasteiger partial charge in [0.2, 0.25) is 0 Å². The van der Waals surface area contributed by atoms with Gasteiger partial charge in [0, 0.05) is 12.7 Å². The molecule has 7 heteroatoms. The molecule has 3 rings (SSSR count). The highest BCUT2D eigenvalue weighted by Crippen LogP contribution is 2.04. The maximum Gasteiger partial charge on any atom is 0.258 e. The first-order valence-electron chi connectivity index (χ1n) is 8.81. The molecule has 144 valence electrons. The van der Waals surface area contributed by atoms with Crippen molar-refractivity contribution in [2.45, 2.75) is 19.6 Å². The molecule has 0 saturated carbocycles. The van der Waals surface area contributed by atoms with Crippen molar-refractivity contribution in [2.75, 3.05) is 0 Å². The first-order chi connectivity index (χ1) is 13.7. The molecule has 0 aliphatic heterocycles. The quantitative estimate of drug-likeness (QED) is 0.302. The summed E-state index contributed by atoms with van der Waals surface area (Å²) in [6, 6.07) is 16.6. The van der Waals surface area contributed by atoms with Crippen LogP contribution in [0.15, 0.2) is 87.7 Å². The minimum atomic E-state index is -0.506. The van der Waals surface area contributed by atoms with Crippen molar-refractivity contribution in [2.24, 2.45) is 0 Å². The number of hydrogen-bond donors (Lipinski definition) is 3. The molecule has 2 heterocycles. The van der Waals surface area contributed by atoms with Gasteiger partial charge in [-0.15, -0.1) is 0 Å². The molecule has 0 bridgehead atoms. The van der Waals surface area contributed by atoms with E-state index >= 15 is 0 Å². The first kappa shape index (κ1) is 19.0. The Morgan fingerprint density at radius 1 is 0.750 bits per heavy atom. The third kappa shape index (κ3) is 5.63. The van der Waals surface area contributed by atoms with Crippen LogP contribution in [0.2, 0.25) is 0 Å². The Balaban J connectivity index is 1.63. The van der Waals surface area contributed by atoms with Crippen molar-refractivity contribution in [3.8, 4) is 0 Å². The fourth-order valence-electron chi connectivity index (χ4n) is 2.45. The Kier molecular flexibility index (Phi) is 6.67. The van der Waals surface area contributed by atoms with Crippen molar-refractivity contribution in [3.63, 3.8) is 0 Å². The predicted octanol–water partition coefficient (Wildman–Crippen LogP) is 2.48. The van der Waals surface area contributed by atoms with Crippen LogP contribution in [-0.2, 0) is 29.2 Å². The first-order valence-corrected chi connectivity index (χ1v) is 8.81. The van der Waals surface area contributed by atoms with Gasteiger partial charge in [-0.2, -0.15) is 0 Å². The second-order valence-corrected chi connectivity index (χ2v) is 5.95. The molecule has 3 aromatic rings. The summed E-state index contributed by atoms with van der Waals surface area (Å²) >= 11 is 0. The molecular formula is C21H21N3O4. The molecule has 0 saturated heterocycles. The van der Waals surface area contributed by atoms with Gasteiger partial charge >= 0.3 is 0 Å². The Bertz CT molecular complexity index is 848. The van der Waals surface area contributed by atoms with Gasteiger partial charge in [0.1, 0.15) is 17.1 Å². The van der Waals surface area contributed by atoms with Gasteiger partial charge in [-0.3, -0.25) is 9.59 Å². The maximum absolute atomic E-state index is 12.5. The number of amides is 2. The maximum atomic E-state index is 12.5. The normalized spacial score (nSPS) is 10.1. The third-order valence-corrected chi connectivity index (χ3v) is 3.89. The zero-order valence-electron chi connectivity index (χ0n) is 15.2. The lowest BCUT2D eigenvalue weighted by Crippen LogP contribution is -2.35. The van der Waals surface area contributed by atoms with Crippen LogP contribution in [-0.4, -0.2) is 11.8 Å². The van der Waals surface area contributed by atoms with Crippen molar-refractivity contribution in [3.05, 3.63) is 96.0 Å². The van der Waals surface area contributed by atoms with E-state index in [1.165, 1.54) is 18.7 Å². The lowest BCUT2D eigenvalue weighted by molar-refractivity contribution is -0.123. The minimum Gasteiger partial charge on any atom is -0.467 e. The number of hydrogen-bond acceptors (Lipinski definition) is 5. The number of carbonyl (C=O) groups is 2. The van der Waals surface area contributed by atoms with E-state index in [0.29, 0.717) is 18.1 Å². The summed E-state index contributed by atoms with van der Waals surface area (Å²) in [7, 11) is 0. The van der Waals surface area contributed by atoms with Gasteiger partial charge in [0.05, 0.1) is 25.6 Å². The van der Waals surface area contributed by atoms with Crippen LogP contribution in [0, 0.1) is 0 Å². The molecular weight excluding hydrogens is 358 g/mol. The Morgan fingerprint density at radius 2 is 1.32 bits per heavy atom. The molecule has 0 aliphatic carbocycles. The number of carbonyl (C=O) groups excluding carboxylic acids is 2. The van der Waals surface area contributed by atoms with Crippen molar-refractivity contribution < 1.29 is 18.4 Å². The van der Waals surface area contributed by atoms with E-state index in [-0.39, 0.29) is 18.7 Å². The molecule has 0 radical (unpaired) electrons. The van der Waals surface area contributed by atoms with E-state index in [9.17, 15) is 9.59 Å². The summed E-state index contributed by atoms with van der Waals surface area (Å²) < 4.78 is 10.4. The SMILES string of the molecule is O=C(NCc1ccco1)C(=CNCc1ccccc1)C(=O)NCc1ccco1. The lowest BCUT2D eigenvalue weighted by Gasteiger charge is -2.10. The average Bonchev–Trinajstić information content (AvgIpc) is 3.42. The molecule has 2 aromatic heterocycles. The Labute approximate surface area is 162 Å². The predicted molar refractivity (Wildman–Crippen MR) is 102 cm³/mol. The molecule has 0 spiro atoms. The minimum absolute atomic E-state index is 0.0333. The summed E-state index contributed by atoms with van der Waals surface area (Å²) in [6.45, 7) is 0.863. The van der Waals surface area contributed by atoms with Crippen molar-refractivity contribution >= 4 is 11.8 Å². The highest BCUT2D eigenvalue weighted by Gasteiger charge is 2.18. The third-order valence-electron chi connectivity index (χ3n) is 3.89. The van der Waals surface area contributed by atoms with E-state index in [1.54, 1.807) is 24.3 Å². The molecule has 7 nitrogen and oxygen atoms in total. The average molecular weight is 379 g/mol. The second-order valence-electron chi connectivity index (χ2n) is 5.95. The van der Waals surface area contributed by atoms with Crippen LogP contribution < -0.4 is 16.0 Å². The van der Waals surface area contributed by atoms with Crippen LogP contribution >= 0.6 is 0 Å². The molecule has 0 unspecified atom stereocenters. The molecule has 1 aromatic carbocycles. The van der Waals surface area contributed by atoms with Crippen LogP contribution in [0.1, 0.15) is 17.1 Å². The molecule has 0 aliphatic rings. The number of rotatable bonds is 9.